The third-order valence-corrected chi connectivity index (χ3v) is 1.01. The number of ketones is 1. The number of aliphatic imine (C=N–C) groups is 1. The van der Waals surface area contributed by atoms with Crippen LogP contribution in [0.4, 0.5) is 8.78 Å². The van der Waals surface area contributed by atoms with Crippen molar-refractivity contribution in [2.75, 3.05) is 6.54 Å². The highest BCUT2D eigenvalue weighted by molar-refractivity contribution is 5.96. The second-order valence-corrected chi connectivity index (χ2v) is 2.08. The van der Waals surface area contributed by atoms with Crippen LogP contribution in [0.2, 0.25) is 0 Å². The summed E-state index contributed by atoms with van der Waals surface area (Å²) in [5, 5.41) is 0. The van der Waals surface area contributed by atoms with Gasteiger partial charge in [-0.25, -0.2) is 8.78 Å². The predicted octanol–water partition coefficient (Wildman–Crippen LogP) is 0.754. The molecule has 2 N–H and O–H groups in total. The molecule has 0 spiro atoms. The van der Waals surface area contributed by atoms with Crippen LogP contribution in [-0.2, 0) is 4.79 Å². The molecule has 0 amide bonds. The molecule has 5 heteroatoms. The molecule has 0 bridgehead atoms. The first-order chi connectivity index (χ1) is 5.54. The Bertz CT molecular complexity index is 211. The highest BCUT2D eigenvalue weighted by Gasteiger charge is 1.97. The second-order valence-electron chi connectivity index (χ2n) is 2.08. The van der Waals surface area contributed by atoms with Crippen LogP contribution in [0.5, 0.6) is 0 Å². The number of carbonyl (C=O) groups is 1. The summed E-state index contributed by atoms with van der Waals surface area (Å²) in [5.74, 6) is -0.307. The maximum Gasteiger partial charge on any atom is 0.257 e. The van der Waals surface area contributed by atoms with Gasteiger partial charge in [0.05, 0.1) is 12.2 Å². The van der Waals surface area contributed by atoms with Crippen LogP contribution in [0.15, 0.2) is 16.8 Å². The molecule has 0 fully saturated rings. The van der Waals surface area contributed by atoms with Gasteiger partial charge in [-0.2, -0.15) is 0 Å². The number of nitrogens with zero attached hydrogens (tertiary/aromatic N) is 1. The molecule has 0 rings (SSSR count). The molecule has 0 unspecified atom stereocenters. The number of hydrogen-bond acceptors (Lipinski definition) is 3. The zero-order valence-electron chi connectivity index (χ0n) is 6.63. The van der Waals surface area contributed by atoms with Crippen LogP contribution in [0.3, 0.4) is 0 Å². The molecular weight excluding hydrogens is 166 g/mol. The maximum absolute atomic E-state index is 11.5. The molecule has 0 heterocycles. The number of Topliss-reactive ketones (excluding diaryl/α,β-unsaturated/α-hetero) is 1. The number of alkyl halides is 2. The van der Waals surface area contributed by atoms with Gasteiger partial charge in [0, 0.05) is 13.1 Å². The first-order valence-corrected chi connectivity index (χ1v) is 3.28. The molecule has 0 aliphatic rings. The largest absolute Gasteiger partial charge is 0.396 e. The molecule has 0 atom stereocenters. The van der Waals surface area contributed by atoms with E-state index < -0.39 is 13.0 Å². The second kappa shape index (κ2) is 5.40. The van der Waals surface area contributed by atoms with Crippen molar-refractivity contribution in [1.29, 1.82) is 0 Å². The Morgan fingerprint density at radius 3 is 2.67 bits per heavy atom. The Kier molecular flexibility index (Phi) is 4.83. The van der Waals surface area contributed by atoms with Gasteiger partial charge >= 0.3 is 0 Å². The average molecular weight is 176 g/mol. The number of rotatable bonds is 4. The lowest BCUT2D eigenvalue weighted by atomic mass is 10.3. The Hall–Kier alpha value is -1.26. The Balaban J connectivity index is 3.87. The summed E-state index contributed by atoms with van der Waals surface area (Å²) in [6.45, 7) is 0.717. The average Bonchev–Trinajstić information content (AvgIpc) is 1.97. The summed E-state index contributed by atoms with van der Waals surface area (Å²) in [7, 11) is 0. The lowest BCUT2D eigenvalue weighted by Gasteiger charge is -1.90. The van der Waals surface area contributed by atoms with Gasteiger partial charge in [0.2, 0.25) is 0 Å². The topological polar surface area (TPSA) is 55.5 Å². The molecule has 68 valence electrons. The smallest absolute Gasteiger partial charge is 0.257 e. The van der Waals surface area contributed by atoms with Crippen molar-refractivity contribution in [3.05, 3.63) is 11.8 Å². The molecule has 0 aromatic rings. The van der Waals surface area contributed by atoms with Gasteiger partial charge in [-0.05, 0) is 6.08 Å². The van der Waals surface area contributed by atoms with Crippen LogP contribution in [0.25, 0.3) is 0 Å². The molecule has 0 saturated carbocycles. The first-order valence-electron chi connectivity index (χ1n) is 3.28. The summed E-state index contributed by atoms with van der Waals surface area (Å²) in [4.78, 5) is 13.8. The van der Waals surface area contributed by atoms with Gasteiger partial charge in [0.1, 0.15) is 0 Å². The van der Waals surface area contributed by atoms with E-state index >= 15 is 0 Å². The molecule has 0 aliphatic heterocycles. The fraction of sp³-hybridized carbons (Fsp3) is 0.429. The van der Waals surface area contributed by atoms with Crippen molar-refractivity contribution in [2.24, 2.45) is 10.7 Å². The van der Waals surface area contributed by atoms with Gasteiger partial charge in [0.15, 0.2) is 5.78 Å². The zero-order valence-corrected chi connectivity index (χ0v) is 6.63. The molecule has 3 nitrogen and oxygen atoms in total. The van der Waals surface area contributed by atoms with E-state index in [1.165, 1.54) is 13.0 Å². The minimum atomic E-state index is -2.46. The Labute approximate surface area is 69.0 Å². The quantitative estimate of drug-likeness (QED) is 0.507. The molecule has 0 saturated heterocycles. The van der Waals surface area contributed by atoms with Crippen LogP contribution in [0.1, 0.15) is 6.92 Å². The molecule has 12 heavy (non-hydrogen) atoms. The zero-order chi connectivity index (χ0) is 9.56. The van der Waals surface area contributed by atoms with Crippen LogP contribution < -0.4 is 5.73 Å². The minimum absolute atomic E-state index is 0.00742. The van der Waals surface area contributed by atoms with E-state index in [-0.39, 0.29) is 11.5 Å². The van der Waals surface area contributed by atoms with E-state index in [1.54, 1.807) is 0 Å². The third-order valence-electron chi connectivity index (χ3n) is 1.01. The van der Waals surface area contributed by atoms with E-state index in [4.69, 9.17) is 5.73 Å². The fourth-order valence-corrected chi connectivity index (χ4v) is 0.391. The molecule has 0 radical (unpaired) electrons. The van der Waals surface area contributed by atoms with Crippen molar-refractivity contribution in [2.45, 2.75) is 13.3 Å². The fourth-order valence-electron chi connectivity index (χ4n) is 0.391. The highest BCUT2D eigenvalue weighted by Crippen LogP contribution is 1.91. The van der Waals surface area contributed by atoms with Gasteiger partial charge < -0.3 is 5.73 Å². The molecule has 0 aromatic carbocycles. The predicted molar refractivity (Wildman–Crippen MR) is 42.3 cm³/mol. The molecule has 0 aliphatic carbocycles. The summed E-state index contributed by atoms with van der Waals surface area (Å²) >= 11 is 0. The normalized spacial score (nSPS) is 12.8. The summed E-state index contributed by atoms with van der Waals surface area (Å²) in [6.07, 6.45) is -0.165. The SMILES string of the molecule is CC(=O)C(N)=CC=NCC(F)F. The van der Waals surface area contributed by atoms with Crippen molar-refractivity contribution >= 4 is 12.0 Å². The monoisotopic (exact) mass is 176 g/mol. The van der Waals surface area contributed by atoms with Crippen molar-refractivity contribution in [1.82, 2.24) is 0 Å². The summed E-state index contributed by atoms with van der Waals surface area (Å²) in [5.41, 5.74) is 5.17. The lowest BCUT2D eigenvalue weighted by molar-refractivity contribution is -0.113. The Morgan fingerprint density at radius 2 is 2.25 bits per heavy atom. The Morgan fingerprint density at radius 1 is 1.67 bits per heavy atom. The minimum Gasteiger partial charge on any atom is -0.396 e. The molecule has 0 aromatic heterocycles. The lowest BCUT2D eigenvalue weighted by Crippen LogP contribution is -2.07. The number of allylic oxidation sites excluding steroid dienone is 2. The van der Waals surface area contributed by atoms with E-state index in [9.17, 15) is 13.6 Å². The first kappa shape index (κ1) is 10.7. The van der Waals surface area contributed by atoms with E-state index in [2.05, 4.69) is 4.99 Å². The van der Waals surface area contributed by atoms with Gasteiger partial charge in [-0.1, -0.05) is 0 Å². The molecular formula is C7H10F2N2O. The van der Waals surface area contributed by atoms with Gasteiger partial charge in [0.25, 0.3) is 6.43 Å². The van der Waals surface area contributed by atoms with Crippen LogP contribution in [-0.4, -0.2) is 25.0 Å². The summed E-state index contributed by atoms with van der Waals surface area (Å²) < 4.78 is 23.0. The summed E-state index contributed by atoms with van der Waals surface area (Å²) in [6, 6.07) is 0. The van der Waals surface area contributed by atoms with Crippen LogP contribution in [0, 0.1) is 0 Å². The van der Waals surface area contributed by atoms with Crippen LogP contribution >= 0.6 is 0 Å². The number of hydrogen-bond donors (Lipinski definition) is 1. The van der Waals surface area contributed by atoms with Crippen molar-refractivity contribution < 1.29 is 13.6 Å². The highest BCUT2D eigenvalue weighted by atomic mass is 19.3. The van der Waals surface area contributed by atoms with E-state index in [0.29, 0.717) is 0 Å². The number of halogens is 2. The van der Waals surface area contributed by atoms with Gasteiger partial charge in [-0.3, -0.25) is 9.79 Å². The van der Waals surface area contributed by atoms with E-state index in [1.807, 2.05) is 0 Å². The van der Waals surface area contributed by atoms with Crippen molar-refractivity contribution in [3.8, 4) is 0 Å². The van der Waals surface area contributed by atoms with Gasteiger partial charge in [-0.15, -0.1) is 0 Å². The van der Waals surface area contributed by atoms with Crippen molar-refractivity contribution in [3.63, 3.8) is 0 Å². The number of carbonyl (C=O) groups excluding carboxylic acids is 1. The van der Waals surface area contributed by atoms with E-state index in [0.717, 1.165) is 6.21 Å². The maximum atomic E-state index is 11.5. The number of nitrogens with two attached hydrogens (primary N) is 1. The standard InChI is InChI=1S/C7H10F2N2O/c1-5(12)6(10)2-3-11-4-7(8)9/h2-3,7H,4,10H2,1H3. The third kappa shape index (κ3) is 5.52.